The van der Waals surface area contributed by atoms with Crippen LogP contribution >= 0.6 is 0 Å². The summed E-state index contributed by atoms with van der Waals surface area (Å²) in [5, 5.41) is 3.67. The Morgan fingerprint density at radius 1 is 0.962 bits per heavy atom. The number of nitrogens with one attached hydrogen (secondary N) is 1. The lowest BCUT2D eigenvalue weighted by molar-refractivity contribution is 0.0206. The van der Waals surface area contributed by atoms with Gasteiger partial charge < -0.3 is 19.7 Å². The molecular weight excluding hydrogens is 698 g/mol. The molecule has 52 heavy (non-hydrogen) atoms. The van der Waals surface area contributed by atoms with Crippen LogP contribution in [0.25, 0.3) is 22.0 Å². The maximum atomic E-state index is 15.7. The largest absolute Gasteiger partial charge is 0.444 e. The second kappa shape index (κ2) is 14.3. The van der Waals surface area contributed by atoms with E-state index in [1.54, 1.807) is 42.3 Å². The SMILES string of the molecule is Cc1ccc2c(N(c3cccc(F)c3F)S(C)(=O)=O)c(F)ccc2c1Oc1ncccc1-c1ccnc(NC2CCCN(C(=O)OC(C)(C)C)C2)n1. The first-order valence-electron chi connectivity index (χ1n) is 16.5. The van der Waals surface area contributed by atoms with E-state index in [4.69, 9.17) is 14.5 Å². The number of aryl methyl sites for hydroxylation is 1. The van der Waals surface area contributed by atoms with Gasteiger partial charge in [0.05, 0.1) is 23.2 Å². The highest BCUT2D eigenvalue weighted by atomic mass is 32.2. The van der Waals surface area contributed by atoms with Crippen molar-refractivity contribution in [3.63, 3.8) is 0 Å². The van der Waals surface area contributed by atoms with Gasteiger partial charge in [-0.25, -0.2) is 45.6 Å². The van der Waals surface area contributed by atoms with Crippen LogP contribution in [0.4, 0.5) is 35.3 Å². The van der Waals surface area contributed by atoms with Crippen molar-refractivity contribution in [3.8, 4) is 22.9 Å². The van der Waals surface area contributed by atoms with E-state index in [2.05, 4.69) is 15.3 Å². The van der Waals surface area contributed by atoms with E-state index in [0.717, 1.165) is 43.4 Å². The molecule has 3 heterocycles. The summed E-state index contributed by atoms with van der Waals surface area (Å²) in [6.07, 6.45) is 5.06. The standard InChI is InChI=1S/C37H37F3N6O5S/c1-22-13-14-24-25(15-16-28(39)32(24)46(52(5,48)49)30-12-6-11-27(38)31(30)40)33(22)50-34-26(10-7-18-41-34)29-17-19-42-35(44-29)43-23-9-8-20-45(21-23)36(47)51-37(2,3)4/h6-7,10-19,23H,8-9,20-21H2,1-5H3,(H,42,43,44). The minimum atomic E-state index is -4.39. The lowest BCUT2D eigenvalue weighted by Gasteiger charge is -2.34. The van der Waals surface area contributed by atoms with E-state index in [-0.39, 0.29) is 34.5 Å². The van der Waals surface area contributed by atoms with Crippen molar-refractivity contribution in [1.82, 2.24) is 19.9 Å². The molecule has 0 radical (unpaired) electrons. The number of halogens is 3. The zero-order valence-corrected chi connectivity index (χ0v) is 30.0. The number of sulfonamides is 1. The molecule has 0 spiro atoms. The Labute approximate surface area is 299 Å². The van der Waals surface area contributed by atoms with E-state index < -0.39 is 44.5 Å². The molecule has 1 atom stereocenters. The quantitative estimate of drug-likeness (QED) is 0.168. The highest BCUT2D eigenvalue weighted by Gasteiger charge is 2.31. The number of fused-ring (bicyclic) bond motifs is 1. The van der Waals surface area contributed by atoms with Gasteiger partial charge in [-0.3, -0.25) is 0 Å². The van der Waals surface area contributed by atoms with Crippen molar-refractivity contribution in [3.05, 3.63) is 96.1 Å². The van der Waals surface area contributed by atoms with Gasteiger partial charge >= 0.3 is 6.09 Å². The summed E-state index contributed by atoms with van der Waals surface area (Å²) in [7, 11) is -4.39. The smallest absolute Gasteiger partial charge is 0.410 e. The summed E-state index contributed by atoms with van der Waals surface area (Å²) >= 11 is 0. The molecule has 1 unspecified atom stereocenters. The number of aromatic nitrogens is 3. The predicted molar refractivity (Wildman–Crippen MR) is 192 cm³/mol. The number of hydrogen-bond donors (Lipinski definition) is 1. The highest BCUT2D eigenvalue weighted by molar-refractivity contribution is 7.92. The first-order chi connectivity index (χ1) is 24.6. The monoisotopic (exact) mass is 734 g/mol. The Hall–Kier alpha value is -5.44. The third kappa shape index (κ3) is 7.73. The number of nitrogens with zero attached hydrogens (tertiary/aromatic N) is 5. The Balaban J connectivity index is 1.34. The normalized spacial score (nSPS) is 15.0. The number of piperidine rings is 1. The number of pyridine rings is 1. The van der Waals surface area contributed by atoms with Gasteiger partial charge in [0.25, 0.3) is 0 Å². The van der Waals surface area contributed by atoms with Crippen molar-refractivity contribution in [2.24, 2.45) is 0 Å². The number of rotatable bonds is 8. The highest BCUT2D eigenvalue weighted by Crippen LogP contribution is 2.43. The molecule has 1 aliphatic rings. The van der Waals surface area contributed by atoms with Crippen LogP contribution in [0.2, 0.25) is 0 Å². The van der Waals surface area contributed by atoms with Gasteiger partial charge in [-0.1, -0.05) is 18.2 Å². The summed E-state index contributed by atoms with van der Waals surface area (Å²) in [6, 6.07) is 13.6. The van der Waals surface area contributed by atoms with Gasteiger partial charge in [-0.05, 0) is 88.6 Å². The Kier molecular flexibility index (Phi) is 9.99. The number of anilines is 3. The van der Waals surface area contributed by atoms with Crippen LogP contribution < -0.4 is 14.4 Å². The molecule has 272 valence electrons. The van der Waals surface area contributed by atoms with Crippen LogP contribution in [0.5, 0.6) is 11.6 Å². The predicted octanol–water partition coefficient (Wildman–Crippen LogP) is 8.12. The molecule has 0 bridgehead atoms. The molecule has 11 nitrogen and oxygen atoms in total. The average molecular weight is 735 g/mol. The molecule has 1 saturated heterocycles. The van der Waals surface area contributed by atoms with Gasteiger partial charge in [0.2, 0.25) is 21.9 Å². The molecule has 1 N–H and O–H groups in total. The van der Waals surface area contributed by atoms with Gasteiger partial charge in [0.1, 0.15) is 22.9 Å². The second-order valence-electron chi connectivity index (χ2n) is 13.4. The summed E-state index contributed by atoms with van der Waals surface area (Å²) in [6.45, 7) is 8.21. The van der Waals surface area contributed by atoms with Crippen LogP contribution in [0, 0.1) is 24.4 Å². The van der Waals surface area contributed by atoms with E-state index in [0.29, 0.717) is 40.2 Å². The third-order valence-electron chi connectivity index (χ3n) is 8.26. The number of carbonyl (C=O) groups excluding carboxylic acids is 1. The maximum Gasteiger partial charge on any atom is 0.410 e. The summed E-state index contributed by atoms with van der Waals surface area (Å²) in [5.41, 5.74) is -0.236. The van der Waals surface area contributed by atoms with Crippen LogP contribution in [-0.2, 0) is 14.8 Å². The zero-order valence-electron chi connectivity index (χ0n) is 29.2. The van der Waals surface area contributed by atoms with Crippen molar-refractivity contribution < 1.29 is 35.9 Å². The van der Waals surface area contributed by atoms with Crippen LogP contribution in [0.3, 0.4) is 0 Å². The van der Waals surface area contributed by atoms with Gasteiger partial charge in [0, 0.05) is 42.3 Å². The van der Waals surface area contributed by atoms with Crippen molar-refractivity contribution in [2.75, 3.05) is 29.0 Å². The summed E-state index contributed by atoms with van der Waals surface area (Å²) in [5.74, 6) is -3.03. The van der Waals surface area contributed by atoms with Crippen molar-refractivity contribution >= 4 is 44.2 Å². The Bertz CT molecular complexity index is 2270. The fraction of sp³-hybridized carbons (Fsp3) is 0.297. The minimum Gasteiger partial charge on any atom is -0.444 e. The molecule has 0 saturated carbocycles. The second-order valence-corrected chi connectivity index (χ2v) is 15.3. The fourth-order valence-electron chi connectivity index (χ4n) is 6.01. The topological polar surface area (TPSA) is 127 Å². The molecular formula is C37H37F3N6O5S. The zero-order chi connectivity index (χ0) is 37.4. The molecule has 2 aromatic heterocycles. The maximum absolute atomic E-state index is 15.7. The van der Waals surface area contributed by atoms with Gasteiger partial charge in [-0.2, -0.15) is 0 Å². The first kappa shape index (κ1) is 36.4. The minimum absolute atomic E-state index is 0.0635. The number of amides is 1. The number of ether oxygens (including phenoxy) is 2. The molecule has 0 aliphatic carbocycles. The van der Waals surface area contributed by atoms with Crippen LogP contribution in [0.1, 0.15) is 39.2 Å². The molecule has 1 fully saturated rings. The van der Waals surface area contributed by atoms with Crippen molar-refractivity contribution in [2.45, 2.75) is 52.2 Å². The molecule has 1 amide bonds. The number of hydrogen-bond acceptors (Lipinski definition) is 9. The summed E-state index contributed by atoms with van der Waals surface area (Å²) in [4.78, 5) is 27.9. The third-order valence-corrected chi connectivity index (χ3v) is 9.31. The first-order valence-corrected chi connectivity index (χ1v) is 18.3. The van der Waals surface area contributed by atoms with Gasteiger partial charge in [0.15, 0.2) is 11.6 Å². The molecule has 15 heteroatoms. The molecule has 1 aliphatic heterocycles. The number of carbonyl (C=O) groups is 1. The Morgan fingerprint density at radius 3 is 2.48 bits per heavy atom. The lowest BCUT2D eigenvalue weighted by Crippen LogP contribution is -2.47. The van der Waals surface area contributed by atoms with E-state index >= 15 is 8.78 Å². The number of likely N-dealkylation sites (tertiary alicyclic amines) is 1. The molecule has 3 aromatic carbocycles. The summed E-state index contributed by atoms with van der Waals surface area (Å²) < 4.78 is 83.5. The molecule has 6 rings (SSSR count). The number of benzene rings is 3. The van der Waals surface area contributed by atoms with Crippen LogP contribution in [-0.4, -0.2) is 65.4 Å². The average Bonchev–Trinajstić information content (AvgIpc) is 3.08. The van der Waals surface area contributed by atoms with Crippen LogP contribution in [0.15, 0.2) is 73.1 Å². The van der Waals surface area contributed by atoms with Gasteiger partial charge in [-0.15, -0.1) is 0 Å². The van der Waals surface area contributed by atoms with Crippen molar-refractivity contribution in [1.29, 1.82) is 0 Å². The lowest BCUT2D eigenvalue weighted by atomic mass is 10.0. The van der Waals surface area contributed by atoms with E-state index in [1.807, 2.05) is 20.8 Å². The Morgan fingerprint density at radius 2 is 1.73 bits per heavy atom. The van der Waals surface area contributed by atoms with E-state index in [1.165, 1.54) is 18.3 Å². The fourth-order valence-corrected chi connectivity index (χ4v) is 7.03. The molecule has 5 aromatic rings. The van der Waals surface area contributed by atoms with E-state index in [9.17, 15) is 17.6 Å².